The smallest absolute Gasteiger partial charge is 0.105 e. The minimum atomic E-state index is 0.884. The Bertz CT molecular complexity index is 781. The van der Waals surface area contributed by atoms with E-state index in [-0.39, 0.29) is 0 Å². The molecule has 2 aromatic heterocycles. The van der Waals surface area contributed by atoms with Crippen molar-refractivity contribution >= 4 is 0 Å². The molecule has 2 heterocycles. The summed E-state index contributed by atoms with van der Waals surface area (Å²) in [5, 5.41) is 0. The highest BCUT2D eigenvalue weighted by Crippen LogP contribution is 2.28. The van der Waals surface area contributed by atoms with E-state index in [9.17, 15) is 0 Å². The highest BCUT2D eigenvalue weighted by atomic mass is 15.1. The third kappa shape index (κ3) is 2.77. The molecule has 0 unspecified atom stereocenters. The van der Waals surface area contributed by atoms with Gasteiger partial charge in [0.05, 0.1) is 0 Å². The molecule has 0 N–H and O–H groups in total. The summed E-state index contributed by atoms with van der Waals surface area (Å²) in [7, 11) is 0. The van der Waals surface area contributed by atoms with Gasteiger partial charge in [-0.25, -0.2) is 9.97 Å². The van der Waals surface area contributed by atoms with Crippen molar-refractivity contribution in [3.63, 3.8) is 0 Å². The molecule has 0 amide bonds. The topological polar surface area (TPSA) is 35.6 Å². The number of nitrogens with zero attached hydrogens (tertiary/aromatic N) is 4. The fourth-order valence-electron chi connectivity index (χ4n) is 3.42. The van der Waals surface area contributed by atoms with Crippen LogP contribution in [0.4, 0.5) is 0 Å². The summed E-state index contributed by atoms with van der Waals surface area (Å²) in [6.07, 6.45) is 7.86. The molecule has 0 aliphatic heterocycles. The molecule has 0 saturated heterocycles. The monoisotopic (exact) mass is 322 g/mol. The molecule has 126 valence electrons. The van der Waals surface area contributed by atoms with Gasteiger partial charge in [-0.3, -0.25) is 0 Å². The van der Waals surface area contributed by atoms with Gasteiger partial charge in [0.1, 0.15) is 11.6 Å². The van der Waals surface area contributed by atoms with Gasteiger partial charge in [-0.05, 0) is 74.9 Å². The van der Waals surface area contributed by atoms with Gasteiger partial charge in [0.2, 0.25) is 0 Å². The van der Waals surface area contributed by atoms with Crippen LogP contribution in [0, 0.1) is 41.5 Å². The maximum atomic E-state index is 4.35. The maximum absolute atomic E-state index is 4.35. The van der Waals surface area contributed by atoms with Crippen LogP contribution >= 0.6 is 0 Å². The van der Waals surface area contributed by atoms with Gasteiger partial charge in [-0.1, -0.05) is 0 Å². The number of imidazole rings is 2. The molecule has 0 aliphatic carbocycles. The number of rotatable bonds is 4. The van der Waals surface area contributed by atoms with Crippen molar-refractivity contribution in [1.29, 1.82) is 0 Å². The predicted molar refractivity (Wildman–Crippen MR) is 97.5 cm³/mol. The molecule has 3 rings (SSSR count). The number of aromatic nitrogens is 4. The van der Waals surface area contributed by atoms with Gasteiger partial charge >= 0.3 is 0 Å². The summed E-state index contributed by atoms with van der Waals surface area (Å²) in [5.74, 6) is 2.12. The second-order valence-corrected chi connectivity index (χ2v) is 6.66. The first-order valence-corrected chi connectivity index (χ1v) is 8.43. The lowest BCUT2D eigenvalue weighted by Crippen LogP contribution is -2.12. The Balaban J connectivity index is 2.05. The molecule has 4 heteroatoms. The van der Waals surface area contributed by atoms with E-state index in [2.05, 4.69) is 73.0 Å². The first-order chi connectivity index (χ1) is 11.4. The van der Waals surface area contributed by atoms with Crippen LogP contribution in [0.25, 0.3) is 0 Å². The molecule has 0 atom stereocenters. The molecule has 1 aromatic carbocycles. The Morgan fingerprint density at radius 1 is 0.625 bits per heavy atom. The molecule has 0 saturated carbocycles. The third-order valence-electron chi connectivity index (χ3n) is 5.44. The normalized spacial score (nSPS) is 11.2. The molecule has 24 heavy (non-hydrogen) atoms. The molecule has 0 spiro atoms. The molecule has 0 fully saturated rings. The van der Waals surface area contributed by atoms with E-state index in [1.165, 1.54) is 33.4 Å². The van der Waals surface area contributed by atoms with Crippen molar-refractivity contribution in [2.24, 2.45) is 0 Å². The Labute approximate surface area is 144 Å². The first kappa shape index (κ1) is 16.5. The summed E-state index contributed by atoms with van der Waals surface area (Å²) >= 11 is 0. The summed E-state index contributed by atoms with van der Waals surface area (Å²) in [6.45, 7) is 14.9. The van der Waals surface area contributed by atoms with E-state index in [1.807, 2.05) is 12.4 Å². The summed E-state index contributed by atoms with van der Waals surface area (Å²) in [5.41, 5.74) is 8.38. The van der Waals surface area contributed by atoms with E-state index in [1.54, 1.807) is 0 Å². The Morgan fingerprint density at radius 2 is 0.958 bits per heavy atom. The highest BCUT2D eigenvalue weighted by Gasteiger charge is 2.16. The van der Waals surface area contributed by atoms with Gasteiger partial charge in [-0.2, -0.15) is 0 Å². The lowest BCUT2D eigenvalue weighted by Gasteiger charge is -2.22. The minimum Gasteiger partial charge on any atom is -0.331 e. The lowest BCUT2D eigenvalue weighted by molar-refractivity contribution is 0.734. The van der Waals surface area contributed by atoms with Crippen LogP contribution in [-0.2, 0) is 13.1 Å². The zero-order valence-corrected chi connectivity index (χ0v) is 15.5. The molecule has 3 aromatic rings. The lowest BCUT2D eigenvalue weighted by atomic mass is 9.88. The largest absolute Gasteiger partial charge is 0.331 e. The van der Waals surface area contributed by atoms with E-state index < -0.39 is 0 Å². The maximum Gasteiger partial charge on any atom is 0.105 e. The van der Waals surface area contributed by atoms with Gasteiger partial charge in [0, 0.05) is 37.9 Å². The molecular weight excluding hydrogens is 296 g/mol. The second kappa shape index (κ2) is 6.27. The van der Waals surface area contributed by atoms with Gasteiger partial charge in [0.15, 0.2) is 0 Å². The zero-order valence-electron chi connectivity index (χ0n) is 15.5. The SMILES string of the molecule is Cc1c(C)c(Cn2ccnc2C)c(C)c(C)c1Cn1ccnc1C. The average Bonchev–Trinajstić information content (AvgIpc) is 3.15. The summed E-state index contributed by atoms with van der Waals surface area (Å²) in [4.78, 5) is 8.69. The van der Waals surface area contributed by atoms with E-state index in [0.29, 0.717) is 0 Å². The third-order valence-corrected chi connectivity index (χ3v) is 5.44. The van der Waals surface area contributed by atoms with Crippen LogP contribution in [0.2, 0.25) is 0 Å². The Hall–Kier alpha value is -2.36. The highest BCUT2D eigenvalue weighted by molar-refractivity contribution is 5.50. The standard InChI is InChI=1S/C20H26N4/c1-13-14(2)20(12-24-10-8-22-18(24)6)16(4)15(3)19(13)11-23-9-7-21-17(23)5/h7-10H,11-12H2,1-6H3. The predicted octanol–water partition coefficient (Wildman–Crippen LogP) is 4.03. The first-order valence-electron chi connectivity index (χ1n) is 8.43. The van der Waals surface area contributed by atoms with Crippen LogP contribution in [0.3, 0.4) is 0 Å². The molecule has 0 bridgehead atoms. The average molecular weight is 322 g/mol. The summed E-state index contributed by atoms with van der Waals surface area (Å²) < 4.78 is 4.43. The zero-order chi connectivity index (χ0) is 17.4. The Kier molecular flexibility index (Phi) is 4.31. The van der Waals surface area contributed by atoms with Crippen molar-refractivity contribution in [3.05, 3.63) is 69.8 Å². The van der Waals surface area contributed by atoms with Crippen molar-refractivity contribution in [3.8, 4) is 0 Å². The minimum absolute atomic E-state index is 0.884. The van der Waals surface area contributed by atoms with E-state index >= 15 is 0 Å². The van der Waals surface area contributed by atoms with Crippen molar-refractivity contribution in [2.75, 3.05) is 0 Å². The van der Waals surface area contributed by atoms with Gasteiger partial charge in [0.25, 0.3) is 0 Å². The van der Waals surface area contributed by atoms with Crippen LogP contribution in [-0.4, -0.2) is 19.1 Å². The van der Waals surface area contributed by atoms with Gasteiger partial charge < -0.3 is 9.13 Å². The fourth-order valence-corrected chi connectivity index (χ4v) is 3.42. The Morgan fingerprint density at radius 3 is 1.21 bits per heavy atom. The molecule has 0 radical (unpaired) electrons. The van der Waals surface area contributed by atoms with Crippen molar-refractivity contribution in [2.45, 2.75) is 54.6 Å². The van der Waals surface area contributed by atoms with Crippen molar-refractivity contribution in [1.82, 2.24) is 19.1 Å². The van der Waals surface area contributed by atoms with Crippen LogP contribution in [0.5, 0.6) is 0 Å². The number of hydrogen-bond acceptors (Lipinski definition) is 2. The number of benzene rings is 1. The van der Waals surface area contributed by atoms with E-state index in [0.717, 1.165) is 24.7 Å². The number of aryl methyl sites for hydroxylation is 2. The van der Waals surface area contributed by atoms with Crippen LogP contribution in [0.15, 0.2) is 24.8 Å². The number of hydrogen-bond donors (Lipinski definition) is 0. The van der Waals surface area contributed by atoms with Gasteiger partial charge in [-0.15, -0.1) is 0 Å². The quantitative estimate of drug-likeness (QED) is 0.727. The molecule has 0 aliphatic rings. The van der Waals surface area contributed by atoms with Crippen LogP contribution in [0.1, 0.15) is 45.0 Å². The van der Waals surface area contributed by atoms with Crippen molar-refractivity contribution < 1.29 is 0 Å². The fraction of sp³-hybridized carbons (Fsp3) is 0.400. The van der Waals surface area contributed by atoms with Crippen LogP contribution < -0.4 is 0 Å². The second-order valence-electron chi connectivity index (χ2n) is 6.66. The van der Waals surface area contributed by atoms with E-state index in [4.69, 9.17) is 0 Å². The molecular formula is C20H26N4. The molecule has 4 nitrogen and oxygen atoms in total. The summed E-state index contributed by atoms with van der Waals surface area (Å²) in [6, 6.07) is 0.